The van der Waals surface area contributed by atoms with Gasteiger partial charge in [0, 0.05) is 5.56 Å². The number of aromatic nitrogens is 1. The normalized spacial score (nSPS) is 17.6. The molecule has 5 rings (SSSR count). The number of aliphatic hydroxyl groups is 1. The maximum atomic E-state index is 15.0. The number of amides is 1. The number of methoxy groups -OCH3 is 1. The summed E-state index contributed by atoms with van der Waals surface area (Å²) in [5.41, 5.74) is 0.705. The molecule has 1 fully saturated rings. The van der Waals surface area contributed by atoms with E-state index in [1.165, 1.54) is 29.5 Å². The number of carbonyl (C=O) groups is 2. The number of furan rings is 1. The second kappa shape index (κ2) is 8.11. The SMILES string of the molecule is COc1ccc2nc(N3C(=O)C(=O)C(=C(O)c4cc(C)oc4C)C3c3ccccc3F)sc2c1. The van der Waals surface area contributed by atoms with Crippen LogP contribution in [0.25, 0.3) is 16.0 Å². The zero-order valence-electron chi connectivity index (χ0n) is 18.5. The predicted octanol–water partition coefficient (Wildman–Crippen LogP) is 5.28. The largest absolute Gasteiger partial charge is 0.507 e. The van der Waals surface area contributed by atoms with Crippen molar-refractivity contribution in [2.75, 3.05) is 12.0 Å². The van der Waals surface area contributed by atoms with E-state index in [2.05, 4.69) is 4.98 Å². The van der Waals surface area contributed by atoms with E-state index in [0.717, 1.165) is 9.60 Å². The summed E-state index contributed by atoms with van der Waals surface area (Å²) < 4.78 is 26.5. The summed E-state index contributed by atoms with van der Waals surface area (Å²) in [7, 11) is 1.54. The number of hydrogen-bond acceptors (Lipinski definition) is 7. The molecule has 34 heavy (non-hydrogen) atoms. The maximum Gasteiger partial charge on any atom is 0.301 e. The molecule has 1 atom stereocenters. The molecule has 0 spiro atoms. The summed E-state index contributed by atoms with van der Waals surface area (Å²) in [5.74, 6) is -1.36. The molecule has 1 amide bonds. The Balaban J connectivity index is 1.75. The fraction of sp³-hybridized carbons (Fsp3) is 0.160. The summed E-state index contributed by atoms with van der Waals surface area (Å²) in [5, 5.41) is 11.4. The summed E-state index contributed by atoms with van der Waals surface area (Å²) in [4.78, 5) is 32.2. The number of ether oxygens (including phenoxy) is 1. The van der Waals surface area contributed by atoms with E-state index in [-0.39, 0.29) is 21.8 Å². The van der Waals surface area contributed by atoms with Crippen LogP contribution >= 0.6 is 11.3 Å². The van der Waals surface area contributed by atoms with Gasteiger partial charge in [-0.05, 0) is 44.2 Å². The highest BCUT2D eigenvalue weighted by molar-refractivity contribution is 7.22. The van der Waals surface area contributed by atoms with Gasteiger partial charge in [0.05, 0.1) is 28.5 Å². The van der Waals surface area contributed by atoms with Crippen LogP contribution in [-0.2, 0) is 9.59 Å². The van der Waals surface area contributed by atoms with Crippen molar-refractivity contribution in [2.45, 2.75) is 19.9 Å². The molecule has 1 aliphatic rings. The molecule has 0 aliphatic carbocycles. The summed E-state index contributed by atoms with van der Waals surface area (Å²) >= 11 is 1.17. The van der Waals surface area contributed by atoms with Crippen LogP contribution in [0.4, 0.5) is 9.52 Å². The van der Waals surface area contributed by atoms with Gasteiger partial charge in [-0.25, -0.2) is 9.37 Å². The fourth-order valence-corrected chi connectivity index (χ4v) is 5.18. The van der Waals surface area contributed by atoms with Crippen molar-refractivity contribution in [3.63, 3.8) is 0 Å². The van der Waals surface area contributed by atoms with E-state index in [1.807, 2.05) is 0 Å². The number of hydrogen-bond donors (Lipinski definition) is 1. The molecule has 7 nitrogen and oxygen atoms in total. The molecule has 0 bridgehead atoms. The summed E-state index contributed by atoms with van der Waals surface area (Å²) in [6.45, 7) is 3.34. The highest BCUT2D eigenvalue weighted by Gasteiger charge is 2.49. The molecule has 0 saturated carbocycles. The molecule has 1 unspecified atom stereocenters. The Morgan fingerprint density at radius 3 is 2.62 bits per heavy atom. The summed E-state index contributed by atoms with van der Waals surface area (Å²) in [6.07, 6.45) is 0. The monoisotopic (exact) mass is 478 g/mol. The highest BCUT2D eigenvalue weighted by Crippen LogP contribution is 2.45. The van der Waals surface area contributed by atoms with Crippen LogP contribution in [0.3, 0.4) is 0 Å². The Bertz CT molecular complexity index is 1500. The van der Waals surface area contributed by atoms with Gasteiger partial charge in [0.15, 0.2) is 5.13 Å². The zero-order valence-corrected chi connectivity index (χ0v) is 19.3. The second-order valence-electron chi connectivity index (χ2n) is 7.85. The van der Waals surface area contributed by atoms with Gasteiger partial charge in [-0.15, -0.1) is 0 Å². The van der Waals surface area contributed by atoms with E-state index >= 15 is 4.39 Å². The van der Waals surface area contributed by atoms with Gasteiger partial charge in [-0.3, -0.25) is 14.5 Å². The third-order valence-corrected chi connectivity index (χ3v) is 6.75. The number of rotatable bonds is 4. The molecule has 4 aromatic rings. The van der Waals surface area contributed by atoms with Gasteiger partial charge in [0.2, 0.25) is 0 Å². The molecule has 1 aliphatic heterocycles. The molecule has 1 N–H and O–H groups in total. The molecule has 9 heteroatoms. The Kier molecular flexibility index (Phi) is 5.21. The van der Waals surface area contributed by atoms with E-state index in [1.54, 1.807) is 51.3 Å². The van der Waals surface area contributed by atoms with Crippen LogP contribution in [0.1, 0.15) is 28.7 Å². The first kappa shape index (κ1) is 21.8. The molecule has 0 radical (unpaired) electrons. The number of anilines is 1. The quantitative estimate of drug-likeness (QED) is 0.244. The summed E-state index contributed by atoms with van der Waals surface area (Å²) in [6, 6.07) is 11.4. The van der Waals surface area contributed by atoms with E-state index < -0.39 is 29.3 Å². The van der Waals surface area contributed by atoms with Crippen molar-refractivity contribution in [1.82, 2.24) is 4.98 Å². The minimum atomic E-state index is -1.21. The number of Topliss-reactive ketones (excluding diaryl/α,β-unsaturated/α-hetero) is 1. The van der Waals surface area contributed by atoms with Gasteiger partial charge in [-0.2, -0.15) is 0 Å². The number of carbonyl (C=O) groups excluding carboxylic acids is 2. The van der Waals surface area contributed by atoms with Crippen molar-refractivity contribution in [3.05, 3.63) is 82.6 Å². The third-order valence-electron chi connectivity index (χ3n) is 5.73. The van der Waals surface area contributed by atoms with E-state index in [0.29, 0.717) is 22.8 Å². The Morgan fingerprint density at radius 1 is 1.18 bits per heavy atom. The van der Waals surface area contributed by atoms with Crippen LogP contribution in [0.15, 0.2) is 58.5 Å². The van der Waals surface area contributed by atoms with Crippen LogP contribution in [0.2, 0.25) is 0 Å². The van der Waals surface area contributed by atoms with Gasteiger partial charge in [0.1, 0.15) is 34.9 Å². The first-order valence-electron chi connectivity index (χ1n) is 10.4. The topological polar surface area (TPSA) is 92.9 Å². The van der Waals surface area contributed by atoms with E-state index in [4.69, 9.17) is 9.15 Å². The number of fused-ring (bicyclic) bond motifs is 1. The Labute approximate surface area is 197 Å². The van der Waals surface area contributed by atoms with Crippen molar-refractivity contribution >= 4 is 44.1 Å². The lowest BCUT2D eigenvalue weighted by Gasteiger charge is -2.23. The molecule has 3 heterocycles. The zero-order chi connectivity index (χ0) is 24.1. The molecule has 2 aromatic heterocycles. The molecular formula is C25H19FN2O5S. The maximum absolute atomic E-state index is 15.0. The number of aryl methyl sites for hydroxylation is 2. The average molecular weight is 479 g/mol. The smallest absolute Gasteiger partial charge is 0.301 e. The predicted molar refractivity (Wildman–Crippen MR) is 126 cm³/mol. The molecule has 172 valence electrons. The molecule has 1 saturated heterocycles. The third kappa shape index (κ3) is 3.36. The van der Waals surface area contributed by atoms with Gasteiger partial charge in [0.25, 0.3) is 5.78 Å². The van der Waals surface area contributed by atoms with Crippen LogP contribution in [0.5, 0.6) is 5.75 Å². The van der Waals surface area contributed by atoms with Crippen molar-refractivity contribution in [3.8, 4) is 5.75 Å². The number of ketones is 1. The van der Waals surface area contributed by atoms with Crippen LogP contribution < -0.4 is 9.64 Å². The number of benzene rings is 2. The number of halogens is 1. The van der Waals surface area contributed by atoms with Crippen molar-refractivity contribution in [1.29, 1.82) is 0 Å². The standard InChI is InChI=1S/C25H19FN2O5S/c1-12-10-16(13(2)33-12)22(29)20-21(15-6-4-5-7-17(15)26)28(24(31)23(20)30)25-27-18-9-8-14(32-3)11-19(18)34-25/h4-11,21,29H,1-3H3. The van der Waals surface area contributed by atoms with Gasteiger partial charge in [-0.1, -0.05) is 29.5 Å². The van der Waals surface area contributed by atoms with Gasteiger partial charge < -0.3 is 14.3 Å². The second-order valence-corrected chi connectivity index (χ2v) is 8.86. The Morgan fingerprint density at radius 2 is 1.94 bits per heavy atom. The number of nitrogens with zero attached hydrogens (tertiary/aromatic N) is 2. The number of aliphatic hydroxyl groups excluding tert-OH is 1. The van der Waals surface area contributed by atoms with Crippen molar-refractivity contribution in [2.24, 2.45) is 0 Å². The number of thiazole rings is 1. The van der Waals surface area contributed by atoms with E-state index in [9.17, 15) is 14.7 Å². The lowest BCUT2D eigenvalue weighted by atomic mass is 9.95. The van der Waals surface area contributed by atoms with Gasteiger partial charge >= 0.3 is 5.91 Å². The van der Waals surface area contributed by atoms with Crippen LogP contribution in [-0.4, -0.2) is 28.9 Å². The lowest BCUT2D eigenvalue weighted by molar-refractivity contribution is -0.132. The molecule has 2 aromatic carbocycles. The van der Waals surface area contributed by atoms with Crippen LogP contribution in [0, 0.1) is 19.7 Å². The minimum Gasteiger partial charge on any atom is -0.507 e. The molecular weight excluding hydrogens is 459 g/mol. The Hall–Kier alpha value is -3.98. The first-order valence-corrected chi connectivity index (χ1v) is 11.2. The average Bonchev–Trinajstić information content (AvgIpc) is 3.46. The van der Waals surface area contributed by atoms with Crippen molar-refractivity contribution < 1.29 is 28.2 Å². The minimum absolute atomic E-state index is 0.0676. The highest BCUT2D eigenvalue weighted by atomic mass is 32.1. The lowest BCUT2D eigenvalue weighted by Crippen LogP contribution is -2.29. The first-order chi connectivity index (χ1) is 16.3. The fourth-order valence-electron chi connectivity index (χ4n) is 4.15.